The van der Waals surface area contributed by atoms with Crippen LogP contribution in [-0.2, 0) is 5.54 Å². The van der Waals surface area contributed by atoms with Gasteiger partial charge in [-0.3, -0.25) is 9.48 Å². The second-order valence-electron chi connectivity index (χ2n) is 8.43. The number of fused-ring (bicyclic) bond motifs is 1. The summed E-state index contributed by atoms with van der Waals surface area (Å²) in [5, 5.41) is 19.3. The minimum Gasteiger partial charge on any atom is -0.366 e. The van der Waals surface area contributed by atoms with Gasteiger partial charge in [0, 0.05) is 10.9 Å². The average Bonchev–Trinajstić information content (AvgIpc) is 3.39. The molecule has 2 aromatic heterocycles. The van der Waals surface area contributed by atoms with Gasteiger partial charge >= 0.3 is 0 Å². The Balaban J connectivity index is 1.87. The minimum absolute atomic E-state index is 0.130. The number of rotatable bonds is 5. The maximum Gasteiger partial charge on any atom is 0.249 e. The topological polar surface area (TPSA) is 103 Å². The Hall–Kier alpha value is -3.92. The molecule has 0 aliphatic rings. The highest BCUT2D eigenvalue weighted by Crippen LogP contribution is 2.34. The molecule has 0 bridgehead atoms. The first-order chi connectivity index (χ1) is 14.7. The molecule has 7 nitrogen and oxygen atoms in total. The van der Waals surface area contributed by atoms with Crippen molar-refractivity contribution in [2.45, 2.75) is 39.2 Å². The number of hydrogen-bond acceptors (Lipinski definition) is 4. The molecule has 0 radical (unpaired) electrons. The van der Waals surface area contributed by atoms with Crippen LogP contribution >= 0.6 is 0 Å². The number of aromatic nitrogens is 4. The average molecular weight is 412 g/mol. The predicted molar refractivity (Wildman–Crippen MR) is 120 cm³/mol. The van der Waals surface area contributed by atoms with Crippen molar-refractivity contribution in [3.8, 4) is 22.9 Å². The van der Waals surface area contributed by atoms with Crippen molar-refractivity contribution in [1.82, 2.24) is 19.6 Å². The second kappa shape index (κ2) is 7.40. The molecule has 0 spiro atoms. The van der Waals surface area contributed by atoms with Crippen molar-refractivity contribution in [3.05, 3.63) is 66.1 Å². The molecular formula is C24H24N6O. The van der Waals surface area contributed by atoms with Gasteiger partial charge in [0.1, 0.15) is 11.2 Å². The molecule has 0 fully saturated rings. The molecule has 0 unspecified atom stereocenters. The molecule has 0 saturated heterocycles. The maximum atomic E-state index is 12.0. The number of nitrogens with two attached hydrogens (primary N) is 1. The van der Waals surface area contributed by atoms with E-state index in [2.05, 4.69) is 36.2 Å². The lowest BCUT2D eigenvalue weighted by Gasteiger charge is -2.17. The molecule has 0 atom stereocenters. The van der Waals surface area contributed by atoms with E-state index in [-0.39, 0.29) is 5.92 Å². The lowest BCUT2D eigenvalue weighted by molar-refractivity contribution is 0.0999. The van der Waals surface area contributed by atoms with Crippen LogP contribution in [0.4, 0.5) is 0 Å². The van der Waals surface area contributed by atoms with Crippen molar-refractivity contribution in [1.29, 1.82) is 5.26 Å². The standard InChI is InChI=1S/C24H24N6O/c1-15(2)22-19(6-5-7-20(22)23(26)31)16-8-9-17-11-28-30(21(17)10-16)18-12-27-29(13-18)24(3,4)14-25/h5-13,15H,1-4H3,(H2,26,31). The zero-order chi connectivity index (χ0) is 22.3. The van der Waals surface area contributed by atoms with Gasteiger partial charge in [0.15, 0.2) is 0 Å². The Labute approximate surface area is 180 Å². The highest BCUT2D eigenvalue weighted by Gasteiger charge is 2.21. The van der Waals surface area contributed by atoms with E-state index in [1.165, 1.54) is 0 Å². The lowest BCUT2D eigenvalue weighted by atomic mass is 9.88. The quantitative estimate of drug-likeness (QED) is 0.526. The summed E-state index contributed by atoms with van der Waals surface area (Å²) in [7, 11) is 0. The number of benzene rings is 2. The van der Waals surface area contributed by atoms with Gasteiger partial charge in [0.05, 0.1) is 30.2 Å². The molecule has 2 N–H and O–H groups in total. The molecular weight excluding hydrogens is 388 g/mol. The number of primary amides is 1. The van der Waals surface area contributed by atoms with E-state index in [9.17, 15) is 10.1 Å². The molecule has 4 aromatic rings. The largest absolute Gasteiger partial charge is 0.366 e. The minimum atomic E-state index is -0.756. The summed E-state index contributed by atoms with van der Waals surface area (Å²) in [6.07, 6.45) is 5.32. The highest BCUT2D eigenvalue weighted by molar-refractivity contribution is 5.97. The number of amides is 1. The third-order valence-corrected chi connectivity index (χ3v) is 5.49. The van der Waals surface area contributed by atoms with E-state index in [1.807, 2.05) is 49.0 Å². The summed E-state index contributed by atoms with van der Waals surface area (Å²) in [5.74, 6) is -0.296. The van der Waals surface area contributed by atoms with Gasteiger partial charge in [-0.2, -0.15) is 15.5 Å². The van der Waals surface area contributed by atoms with Crippen LogP contribution in [0.25, 0.3) is 27.7 Å². The molecule has 0 aliphatic carbocycles. The molecule has 0 aliphatic heterocycles. The number of hydrogen-bond donors (Lipinski definition) is 1. The van der Waals surface area contributed by atoms with Crippen LogP contribution < -0.4 is 5.73 Å². The monoisotopic (exact) mass is 412 g/mol. The van der Waals surface area contributed by atoms with E-state index in [1.54, 1.807) is 23.1 Å². The summed E-state index contributed by atoms with van der Waals surface area (Å²) in [6.45, 7) is 7.73. The van der Waals surface area contributed by atoms with Gasteiger partial charge in [-0.25, -0.2) is 4.68 Å². The van der Waals surface area contributed by atoms with E-state index in [0.717, 1.165) is 33.3 Å². The summed E-state index contributed by atoms with van der Waals surface area (Å²) < 4.78 is 3.44. The van der Waals surface area contributed by atoms with Crippen LogP contribution in [0.1, 0.15) is 49.5 Å². The Bertz CT molecular complexity index is 1340. The summed E-state index contributed by atoms with van der Waals surface area (Å²) >= 11 is 0. The summed E-state index contributed by atoms with van der Waals surface area (Å²) in [5.41, 5.74) is 9.99. The first-order valence-corrected chi connectivity index (χ1v) is 10.1. The molecule has 2 aromatic carbocycles. The van der Waals surface area contributed by atoms with Crippen LogP contribution in [0.15, 0.2) is 55.0 Å². The van der Waals surface area contributed by atoms with E-state index in [4.69, 9.17) is 5.73 Å². The Kier molecular flexibility index (Phi) is 4.86. The van der Waals surface area contributed by atoms with Crippen molar-refractivity contribution in [3.63, 3.8) is 0 Å². The lowest BCUT2D eigenvalue weighted by Crippen LogP contribution is -2.24. The summed E-state index contributed by atoms with van der Waals surface area (Å²) in [4.78, 5) is 12.0. The third-order valence-electron chi connectivity index (χ3n) is 5.49. The number of nitriles is 1. The fraction of sp³-hybridized carbons (Fsp3) is 0.250. The summed E-state index contributed by atoms with van der Waals surface area (Å²) in [6, 6.07) is 14.0. The van der Waals surface area contributed by atoms with Crippen molar-refractivity contribution in [2.24, 2.45) is 5.73 Å². The third kappa shape index (κ3) is 3.46. The first-order valence-electron chi connectivity index (χ1n) is 10.1. The van der Waals surface area contributed by atoms with Crippen LogP contribution in [0.3, 0.4) is 0 Å². The van der Waals surface area contributed by atoms with Crippen molar-refractivity contribution < 1.29 is 4.79 Å². The van der Waals surface area contributed by atoms with E-state index < -0.39 is 11.4 Å². The molecule has 1 amide bonds. The van der Waals surface area contributed by atoms with Gasteiger partial charge in [0.25, 0.3) is 0 Å². The molecule has 0 saturated carbocycles. The Morgan fingerprint density at radius 1 is 1.16 bits per heavy atom. The molecule has 4 rings (SSSR count). The maximum absolute atomic E-state index is 12.0. The molecule has 2 heterocycles. The normalized spacial score (nSPS) is 11.7. The molecule has 156 valence electrons. The van der Waals surface area contributed by atoms with Crippen LogP contribution in [0, 0.1) is 11.3 Å². The predicted octanol–water partition coefficient (Wildman–Crippen LogP) is 4.37. The van der Waals surface area contributed by atoms with Gasteiger partial charge in [-0.05, 0) is 48.6 Å². The number of nitrogens with zero attached hydrogens (tertiary/aromatic N) is 5. The van der Waals surface area contributed by atoms with Gasteiger partial charge in [0.2, 0.25) is 5.91 Å². The zero-order valence-corrected chi connectivity index (χ0v) is 18.0. The van der Waals surface area contributed by atoms with Gasteiger partial charge < -0.3 is 5.73 Å². The van der Waals surface area contributed by atoms with Gasteiger partial charge in [-0.1, -0.05) is 38.1 Å². The van der Waals surface area contributed by atoms with Crippen LogP contribution in [0.5, 0.6) is 0 Å². The fourth-order valence-electron chi connectivity index (χ4n) is 3.83. The fourth-order valence-corrected chi connectivity index (χ4v) is 3.83. The number of carbonyl (C=O) groups is 1. The molecule has 31 heavy (non-hydrogen) atoms. The van der Waals surface area contributed by atoms with Crippen LogP contribution in [-0.4, -0.2) is 25.5 Å². The van der Waals surface area contributed by atoms with E-state index in [0.29, 0.717) is 5.56 Å². The first kappa shape index (κ1) is 20.4. The second-order valence-corrected chi connectivity index (χ2v) is 8.43. The molecule has 7 heteroatoms. The highest BCUT2D eigenvalue weighted by atomic mass is 16.1. The van der Waals surface area contributed by atoms with Crippen LogP contribution in [0.2, 0.25) is 0 Å². The Morgan fingerprint density at radius 3 is 2.61 bits per heavy atom. The van der Waals surface area contributed by atoms with E-state index >= 15 is 0 Å². The van der Waals surface area contributed by atoms with Crippen molar-refractivity contribution >= 4 is 16.8 Å². The Morgan fingerprint density at radius 2 is 1.94 bits per heavy atom. The SMILES string of the molecule is CC(C)c1c(C(N)=O)cccc1-c1ccc2cnn(-c3cnn(C(C)(C)C#N)c3)c2c1. The van der Waals surface area contributed by atoms with Crippen molar-refractivity contribution in [2.75, 3.05) is 0 Å². The number of carbonyl (C=O) groups excluding carboxylic acids is 1. The smallest absolute Gasteiger partial charge is 0.249 e. The zero-order valence-electron chi connectivity index (χ0n) is 18.0. The van der Waals surface area contributed by atoms with Gasteiger partial charge in [-0.15, -0.1) is 0 Å².